The third-order valence-electron chi connectivity index (χ3n) is 2.05. The van der Waals surface area contributed by atoms with Crippen molar-refractivity contribution in [2.24, 2.45) is 0 Å². The van der Waals surface area contributed by atoms with Gasteiger partial charge in [0.15, 0.2) is 4.88 Å². The Morgan fingerprint density at radius 2 is 2.12 bits per heavy atom. The number of halogens is 1. The molecule has 0 unspecified atom stereocenters. The highest BCUT2D eigenvalue weighted by Gasteiger charge is 2.19. The van der Waals surface area contributed by atoms with Crippen LogP contribution in [-0.2, 0) is 0 Å². The Kier molecular flexibility index (Phi) is 2.57. The maximum absolute atomic E-state index is 13.4. The van der Waals surface area contributed by atoms with Crippen LogP contribution < -0.4 is 5.73 Å². The zero-order chi connectivity index (χ0) is 11.7. The third kappa shape index (κ3) is 1.63. The molecule has 0 fully saturated rings. The maximum Gasteiger partial charge on any atom is 0.349 e. The zero-order valence-corrected chi connectivity index (χ0v) is 8.79. The van der Waals surface area contributed by atoms with Gasteiger partial charge in [0.2, 0.25) is 0 Å². The van der Waals surface area contributed by atoms with E-state index in [2.05, 4.69) is 4.37 Å². The number of nitrogens with two attached hydrogens (primary N) is 1. The number of carbonyl (C=O) groups is 1. The van der Waals surface area contributed by atoms with Crippen molar-refractivity contribution < 1.29 is 14.3 Å². The largest absolute Gasteiger partial charge is 0.477 e. The number of hydrogen-bond acceptors (Lipinski definition) is 4. The summed E-state index contributed by atoms with van der Waals surface area (Å²) >= 11 is 0.747. The third-order valence-corrected chi connectivity index (χ3v) is 2.90. The Hall–Kier alpha value is -1.95. The molecule has 0 bridgehead atoms. The zero-order valence-electron chi connectivity index (χ0n) is 7.98. The summed E-state index contributed by atoms with van der Waals surface area (Å²) in [4.78, 5) is 10.7. The lowest BCUT2D eigenvalue weighted by Gasteiger charge is -2.00. The summed E-state index contributed by atoms with van der Waals surface area (Å²) in [6.07, 6.45) is 0. The van der Waals surface area contributed by atoms with Crippen LogP contribution in [0.3, 0.4) is 0 Å². The molecule has 3 N–H and O–H groups in total. The number of hydrogen-bond donors (Lipinski definition) is 2. The van der Waals surface area contributed by atoms with Crippen molar-refractivity contribution in [2.45, 2.75) is 0 Å². The molecule has 0 radical (unpaired) electrons. The van der Waals surface area contributed by atoms with E-state index >= 15 is 0 Å². The molecule has 2 aromatic rings. The number of nitrogen functional groups attached to an aromatic ring is 1. The molecule has 1 aromatic heterocycles. The van der Waals surface area contributed by atoms with Crippen molar-refractivity contribution in [1.82, 2.24) is 4.37 Å². The number of anilines is 1. The number of carboxylic acid groups (broad SMARTS) is 1. The van der Waals surface area contributed by atoms with Crippen LogP contribution in [0.2, 0.25) is 0 Å². The van der Waals surface area contributed by atoms with E-state index in [4.69, 9.17) is 10.8 Å². The van der Waals surface area contributed by atoms with Gasteiger partial charge in [-0.3, -0.25) is 0 Å². The molecule has 0 aliphatic heterocycles. The highest BCUT2D eigenvalue weighted by molar-refractivity contribution is 7.09. The van der Waals surface area contributed by atoms with Crippen LogP contribution in [0.1, 0.15) is 9.67 Å². The fourth-order valence-corrected chi connectivity index (χ4v) is 1.95. The van der Waals surface area contributed by atoms with Crippen molar-refractivity contribution in [3.8, 4) is 11.3 Å². The van der Waals surface area contributed by atoms with E-state index in [0.717, 1.165) is 11.5 Å². The van der Waals surface area contributed by atoms with Gasteiger partial charge in [-0.2, -0.15) is 4.37 Å². The van der Waals surface area contributed by atoms with Gasteiger partial charge >= 0.3 is 5.97 Å². The van der Waals surface area contributed by atoms with Gasteiger partial charge in [-0.25, -0.2) is 9.18 Å². The molecule has 0 aliphatic rings. The van der Waals surface area contributed by atoms with Gasteiger partial charge in [0.1, 0.15) is 11.5 Å². The second kappa shape index (κ2) is 3.90. The van der Waals surface area contributed by atoms with E-state index in [-0.39, 0.29) is 21.8 Å². The quantitative estimate of drug-likeness (QED) is 0.841. The van der Waals surface area contributed by atoms with Gasteiger partial charge in [0.05, 0.1) is 5.69 Å². The maximum atomic E-state index is 13.4. The summed E-state index contributed by atoms with van der Waals surface area (Å²) in [5.41, 5.74) is 6.00. The molecule has 2 rings (SSSR count). The molecule has 1 aromatic carbocycles. The molecule has 6 heteroatoms. The standard InChI is InChI=1S/C10H7FN2O2S/c11-6-4-2-1-3-5(6)8-7(12)9(10(14)15)16-13-8/h1-4H,12H2,(H,14,15). The van der Waals surface area contributed by atoms with Crippen LogP contribution in [-0.4, -0.2) is 15.4 Å². The Balaban J connectivity index is 2.58. The van der Waals surface area contributed by atoms with E-state index in [1.807, 2.05) is 0 Å². The Labute approximate surface area is 94.3 Å². The first-order valence-electron chi connectivity index (χ1n) is 4.34. The molecule has 4 nitrogen and oxygen atoms in total. The smallest absolute Gasteiger partial charge is 0.349 e. The van der Waals surface area contributed by atoms with E-state index < -0.39 is 11.8 Å². The van der Waals surface area contributed by atoms with Crippen molar-refractivity contribution >= 4 is 23.2 Å². The summed E-state index contributed by atoms with van der Waals surface area (Å²) in [5, 5.41) is 8.79. The Morgan fingerprint density at radius 3 is 2.69 bits per heavy atom. The lowest BCUT2D eigenvalue weighted by Crippen LogP contribution is -1.98. The second-order valence-corrected chi connectivity index (χ2v) is 3.83. The minimum atomic E-state index is -1.16. The number of benzene rings is 1. The van der Waals surface area contributed by atoms with Crippen LogP contribution in [0.25, 0.3) is 11.3 Å². The molecule has 0 atom stereocenters. The van der Waals surface area contributed by atoms with Gasteiger partial charge in [0, 0.05) is 5.56 Å². The molecular weight excluding hydrogens is 231 g/mol. The van der Waals surface area contributed by atoms with Crippen LogP contribution in [0.4, 0.5) is 10.1 Å². The molecule has 82 valence electrons. The number of aromatic carboxylic acids is 1. The molecule has 0 aliphatic carbocycles. The summed E-state index contributed by atoms with van der Waals surface area (Å²) < 4.78 is 17.3. The molecular formula is C10H7FN2O2S. The summed E-state index contributed by atoms with van der Waals surface area (Å²) in [6.45, 7) is 0. The molecule has 0 spiro atoms. The minimum Gasteiger partial charge on any atom is -0.477 e. The summed E-state index contributed by atoms with van der Waals surface area (Å²) in [6, 6.07) is 5.96. The van der Waals surface area contributed by atoms with Crippen molar-refractivity contribution in [3.63, 3.8) is 0 Å². The molecule has 1 heterocycles. The van der Waals surface area contributed by atoms with E-state index in [9.17, 15) is 9.18 Å². The first-order chi connectivity index (χ1) is 7.61. The average Bonchev–Trinajstić information content (AvgIpc) is 2.61. The highest BCUT2D eigenvalue weighted by Crippen LogP contribution is 2.31. The predicted molar refractivity (Wildman–Crippen MR) is 58.9 cm³/mol. The van der Waals surface area contributed by atoms with Gasteiger partial charge in [-0.05, 0) is 23.7 Å². The average molecular weight is 238 g/mol. The van der Waals surface area contributed by atoms with Gasteiger partial charge in [-0.1, -0.05) is 12.1 Å². The van der Waals surface area contributed by atoms with Gasteiger partial charge in [0.25, 0.3) is 0 Å². The van der Waals surface area contributed by atoms with Crippen LogP contribution in [0, 0.1) is 5.82 Å². The Morgan fingerprint density at radius 1 is 1.44 bits per heavy atom. The number of carboxylic acids is 1. The molecule has 16 heavy (non-hydrogen) atoms. The number of nitrogens with zero attached hydrogens (tertiary/aromatic N) is 1. The van der Waals surface area contributed by atoms with E-state index in [1.165, 1.54) is 12.1 Å². The van der Waals surface area contributed by atoms with E-state index in [1.54, 1.807) is 12.1 Å². The number of aromatic nitrogens is 1. The van der Waals surface area contributed by atoms with Crippen molar-refractivity contribution in [2.75, 3.05) is 5.73 Å². The SMILES string of the molecule is Nc1c(-c2ccccc2F)nsc1C(=O)O. The minimum absolute atomic E-state index is 0.00241. The van der Waals surface area contributed by atoms with Gasteiger partial charge in [-0.15, -0.1) is 0 Å². The van der Waals surface area contributed by atoms with Crippen LogP contribution in [0.15, 0.2) is 24.3 Å². The lowest BCUT2D eigenvalue weighted by molar-refractivity contribution is 0.0703. The fourth-order valence-electron chi connectivity index (χ4n) is 1.30. The monoisotopic (exact) mass is 238 g/mol. The van der Waals surface area contributed by atoms with Crippen molar-refractivity contribution in [3.05, 3.63) is 35.0 Å². The molecule has 0 saturated carbocycles. The van der Waals surface area contributed by atoms with Gasteiger partial charge < -0.3 is 10.8 Å². The summed E-state index contributed by atoms with van der Waals surface area (Å²) in [7, 11) is 0. The predicted octanol–water partition coefficient (Wildman–Crippen LogP) is 2.23. The normalized spacial score (nSPS) is 10.3. The second-order valence-electron chi connectivity index (χ2n) is 3.06. The van der Waals surface area contributed by atoms with Crippen molar-refractivity contribution in [1.29, 1.82) is 0 Å². The highest BCUT2D eigenvalue weighted by atomic mass is 32.1. The first kappa shape index (κ1) is 10.6. The Bertz CT molecular complexity index is 554. The van der Waals surface area contributed by atoms with E-state index in [0.29, 0.717) is 0 Å². The first-order valence-corrected chi connectivity index (χ1v) is 5.12. The van der Waals surface area contributed by atoms with Crippen LogP contribution >= 0.6 is 11.5 Å². The topological polar surface area (TPSA) is 76.2 Å². The lowest BCUT2D eigenvalue weighted by atomic mass is 10.1. The fraction of sp³-hybridized carbons (Fsp3) is 0. The van der Waals surface area contributed by atoms with Crippen LogP contribution in [0.5, 0.6) is 0 Å². The number of rotatable bonds is 2. The summed E-state index contributed by atoms with van der Waals surface area (Å²) in [5.74, 6) is -1.63. The molecule has 0 amide bonds. The molecule has 0 saturated heterocycles.